The fourth-order valence-electron chi connectivity index (χ4n) is 5.39. The number of allylic oxidation sites excluding steroid dienone is 12. The van der Waals surface area contributed by atoms with E-state index in [0.717, 1.165) is 23.7 Å². The van der Waals surface area contributed by atoms with Crippen molar-refractivity contribution in [1.29, 1.82) is 0 Å². The average Bonchev–Trinajstić information content (AvgIpc) is 3.32. The summed E-state index contributed by atoms with van der Waals surface area (Å²) in [7, 11) is 0. The van der Waals surface area contributed by atoms with Crippen molar-refractivity contribution in [3.8, 4) is 0 Å². The van der Waals surface area contributed by atoms with Gasteiger partial charge in [-0.1, -0.05) is 47.1 Å². The van der Waals surface area contributed by atoms with Crippen LogP contribution in [0, 0.1) is 23.7 Å². The normalized spacial score (nSPS) is 32.6. The van der Waals surface area contributed by atoms with Crippen molar-refractivity contribution in [2.75, 3.05) is 0 Å². The third-order valence-electron chi connectivity index (χ3n) is 6.21. The highest BCUT2D eigenvalue weighted by Gasteiger charge is 2.36. The van der Waals surface area contributed by atoms with Crippen LogP contribution in [0.2, 0.25) is 0 Å². The van der Waals surface area contributed by atoms with Gasteiger partial charge in [-0.2, -0.15) is 0 Å². The fraction of sp³-hybridized carbons (Fsp3) is 0.520. The molecule has 4 rings (SSSR count). The summed E-state index contributed by atoms with van der Waals surface area (Å²) in [6.07, 6.45) is 14.5. The van der Waals surface area contributed by atoms with Gasteiger partial charge in [0, 0.05) is 23.7 Å². The lowest BCUT2D eigenvalue weighted by Gasteiger charge is -2.16. The van der Waals surface area contributed by atoms with Crippen LogP contribution in [0.4, 0.5) is 0 Å². The van der Waals surface area contributed by atoms with E-state index in [0.29, 0.717) is 0 Å². The second-order valence-corrected chi connectivity index (χ2v) is 8.65. The molecule has 0 aromatic rings. The first-order chi connectivity index (χ1) is 11.8. The first-order valence-electron chi connectivity index (χ1n) is 9.90. The van der Waals surface area contributed by atoms with Crippen molar-refractivity contribution in [1.82, 2.24) is 0 Å². The number of hydrogen-bond donors (Lipinski definition) is 0. The standard InChI is InChI=1S/C13H18.C12H16/c1-8(2)12-10-5-6-11(7-10)13(12)9(3)4;1-4-11-9-5-6-10(7-9)12(11)8(2)3/h5-6,10-11H,7H2,1-4H3;4-6,9-10H,7H2,1-3H3. The van der Waals surface area contributed by atoms with Crippen LogP contribution in [-0.4, -0.2) is 0 Å². The van der Waals surface area contributed by atoms with Gasteiger partial charge in [0.05, 0.1) is 0 Å². The van der Waals surface area contributed by atoms with Crippen LogP contribution in [0.25, 0.3) is 0 Å². The van der Waals surface area contributed by atoms with E-state index in [1.54, 1.807) is 22.3 Å². The molecule has 4 unspecified atom stereocenters. The Morgan fingerprint density at radius 2 is 1.00 bits per heavy atom. The van der Waals surface area contributed by atoms with Gasteiger partial charge in [0.15, 0.2) is 0 Å². The zero-order valence-corrected chi connectivity index (χ0v) is 17.1. The smallest absolute Gasteiger partial charge is 0.00292 e. The van der Waals surface area contributed by atoms with Crippen molar-refractivity contribution < 1.29 is 0 Å². The highest BCUT2D eigenvalue weighted by Crippen LogP contribution is 2.50. The first-order valence-corrected chi connectivity index (χ1v) is 9.90. The van der Waals surface area contributed by atoms with Crippen molar-refractivity contribution in [2.24, 2.45) is 23.7 Å². The second kappa shape index (κ2) is 6.98. The third-order valence-corrected chi connectivity index (χ3v) is 6.21. The Hall–Kier alpha value is -1.56. The minimum Gasteiger partial charge on any atom is -0.0835 e. The molecule has 2 saturated carbocycles. The minimum absolute atomic E-state index is 0.736. The molecule has 0 N–H and O–H groups in total. The largest absolute Gasteiger partial charge is 0.0835 e. The minimum atomic E-state index is 0.736. The van der Waals surface area contributed by atoms with Gasteiger partial charge in [-0.15, -0.1) is 0 Å². The Kier molecular flexibility index (Phi) is 5.09. The maximum absolute atomic E-state index is 2.39. The van der Waals surface area contributed by atoms with Crippen LogP contribution in [0.3, 0.4) is 0 Å². The van der Waals surface area contributed by atoms with Crippen molar-refractivity contribution in [3.05, 3.63) is 69.4 Å². The van der Waals surface area contributed by atoms with Crippen molar-refractivity contribution in [3.63, 3.8) is 0 Å². The van der Waals surface area contributed by atoms with Crippen LogP contribution in [0.1, 0.15) is 61.3 Å². The SMILES string of the molecule is CC(C)=C1C(=C(C)C)C2C=CC1C2.CC=C1C(=C(C)C)C2C=CC1C2. The van der Waals surface area contributed by atoms with E-state index < -0.39 is 0 Å². The van der Waals surface area contributed by atoms with Gasteiger partial charge in [-0.3, -0.25) is 0 Å². The first kappa shape index (κ1) is 18.2. The summed E-state index contributed by atoms with van der Waals surface area (Å²) >= 11 is 0. The summed E-state index contributed by atoms with van der Waals surface area (Å²) in [5, 5.41) is 0. The number of hydrogen-bond acceptors (Lipinski definition) is 0. The zero-order valence-electron chi connectivity index (χ0n) is 17.1. The quantitative estimate of drug-likeness (QED) is 0.406. The van der Waals surface area contributed by atoms with Crippen molar-refractivity contribution in [2.45, 2.75) is 61.3 Å². The molecule has 4 bridgehead atoms. The summed E-state index contributed by atoms with van der Waals surface area (Å²) < 4.78 is 0. The van der Waals surface area contributed by atoms with Crippen LogP contribution in [-0.2, 0) is 0 Å². The molecule has 2 fully saturated rings. The Labute approximate surface area is 154 Å². The molecule has 134 valence electrons. The van der Waals surface area contributed by atoms with Crippen LogP contribution >= 0.6 is 0 Å². The van der Waals surface area contributed by atoms with Crippen LogP contribution < -0.4 is 0 Å². The third kappa shape index (κ3) is 3.16. The lowest BCUT2D eigenvalue weighted by Crippen LogP contribution is -2.01. The lowest BCUT2D eigenvalue weighted by atomic mass is 9.89. The van der Waals surface area contributed by atoms with E-state index in [2.05, 4.69) is 78.8 Å². The molecule has 0 aliphatic heterocycles. The Bertz CT molecular complexity index is 701. The van der Waals surface area contributed by atoms with Crippen LogP contribution in [0.15, 0.2) is 69.4 Å². The summed E-state index contributed by atoms with van der Waals surface area (Å²) in [5.74, 6) is 2.95. The lowest BCUT2D eigenvalue weighted by molar-refractivity contribution is 0.731. The van der Waals surface area contributed by atoms with E-state index in [-0.39, 0.29) is 0 Å². The molecule has 0 aromatic carbocycles. The second-order valence-electron chi connectivity index (χ2n) is 8.65. The van der Waals surface area contributed by atoms with Gasteiger partial charge in [0.25, 0.3) is 0 Å². The van der Waals surface area contributed by atoms with E-state index in [9.17, 15) is 0 Å². The highest BCUT2D eigenvalue weighted by atomic mass is 14.4. The molecule has 0 spiro atoms. The van der Waals surface area contributed by atoms with E-state index in [4.69, 9.17) is 0 Å². The highest BCUT2D eigenvalue weighted by molar-refractivity contribution is 5.52. The number of rotatable bonds is 0. The average molecular weight is 335 g/mol. The van der Waals surface area contributed by atoms with Crippen LogP contribution in [0.5, 0.6) is 0 Å². The molecular formula is C25H34. The summed E-state index contributed by atoms with van der Waals surface area (Å²) in [6.45, 7) is 15.6. The molecule has 0 nitrogen and oxygen atoms in total. The van der Waals surface area contributed by atoms with E-state index >= 15 is 0 Å². The zero-order chi connectivity index (χ0) is 18.3. The van der Waals surface area contributed by atoms with Gasteiger partial charge in [0.2, 0.25) is 0 Å². The Balaban J connectivity index is 0.000000146. The molecular weight excluding hydrogens is 300 g/mol. The van der Waals surface area contributed by atoms with Gasteiger partial charge >= 0.3 is 0 Å². The monoisotopic (exact) mass is 334 g/mol. The van der Waals surface area contributed by atoms with Gasteiger partial charge < -0.3 is 0 Å². The summed E-state index contributed by atoms with van der Waals surface area (Å²) in [4.78, 5) is 0. The van der Waals surface area contributed by atoms with Gasteiger partial charge in [-0.25, -0.2) is 0 Å². The molecule has 4 aliphatic carbocycles. The predicted octanol–water partition coefficient (Wildman–Crippen LogP) is 7.34. The molecule has 4 atom stereocenters. The molecule has 0 aromatic heterocycles. The predicted molar refractivity (Wildman–Crippen MR) is 110 cm³/mol. The molecule has 0 saturated heterocycles. The van der Waals surface area contributed by atoms with Crippen molar-refractivity contribution >= 4 is 0 Å². The molecule has 0 amide bonds. The molecule has 0 heterocycles. The molecule has 4 aliphatic rings. The topological polar surface area (TPSA) is 0 Å². The van der Waals surface area contributed by atoms with Gasteiger partial charge in [0.1, 0.15) is 0 Å². The Morgan fingerprint density at radius 3 is 1.36 bits per heavy atom. The molecule has 0 radical (unpaired) electrons. The molecule has 0 heteroatoms. The van der Waals surface area contributed by atoms with E-state index in [1.807, 2.05) is 0 Å². The Morgan fingerprint density at radius 1 is 0.640 bits per heavy atom. The molecule has 25 heavy (non-hydrogen) atoms. The summed E-state index contributed by atoms with van der Waals surface area (Å²) in [6, 6.07) is 0. The maximum atomic E-state index is 2.39. The van der Waals surface area contributed by atoms with E-state index in [1.165, 1.54) is 29.6 Å². The summed E-state index contributed by atoms with van der Waals surface area (Å²) in [5.41, 5.74) is 11.0. The fourth-order valence-corrected chi connectivity index (χ4v) is 5.39. The van der Waals surface area contributed by atoms with Gasteiger partial charge in [-0.05, 0) is 83.6 Å². The number of fused-ring (bicyclic) bond motifs is 4. The maximum Gasteiger partial charge on any atom is 0.00292 e.